The third-order valence-electron chi connectivity index (χ3n) is 7.81. The van der Waals surface area contributed by atoms with Crippen LogP contribution in [-0.4, -0.2) is 142 Å². The second kappa shape index (κ2) is 15.4. The van der Waals surface area contributed by atoms with Crippen molar-refractivity contribution in [1.82, 2.24) is 40.2 Å². The lowest BCUT2D eigenvalue weighted by Crippen LogP contribution is -2.69. The SMILES string of the molecule is C=C(N)NCCC[C@H]1C(=O)N(C(=O)N2CCN(C3=NCCCN3)CC2)C1C(=O)O.O=C(Cl)N1CCN(c2ncccn2)CC1. The number of nitrogens with two attached hydrogens (primary N) is 1. The van der Waals surface area contributed by atoms with E-state index in [1.165, 1.54) is 0 Å². The van der Waals surface area contributed by atoms with Crippen LogP contribution in [0.1, 0.15) is 19.3 Å². The average Bonchev–Trinajstić information content (AvgIpc) is 3.04. The number of likely N-dealkylation sites (tertiary alicyclic amines) is 1. The molecule has 0 aromatic carbocycles. The number of nitrogens with one attached hydrogen (secondary N) is 2. The topological polar surface area (TPSA) is 193 Å². The molecule has 5 rings (SSSR count). The van der Waals surface area contributed by atoms with Crippen molar-refractivity contribution in [3.05, 3.63) is 30.9 Å². The molecule has 44 heavy (non-hydrogen) atoms. The van der Waals surface area contributed by atoms with E-state index in [2.05, 4.69) is 37.1 Å². The number of imide groups is 1. The Bertz CT molecular complexity index is 1220. The molecule has 1 aromatic rings. The number of urea groups is 1. The molecule has 3 saturated heterocycles. The second-order valence-electron chi connectivity index (χ2n) is 10.7. The standard InChI is InChI=1S/C18H29N7O4.C9H11ClN4O/c1-12(19)20-5-2-4-13-14(16(27)28)25(15(13)26)18(29)24-10-8-23(9-11-24)17-21-6-3-7-22-17;10-8(15)13-4-6-14(7-5-13)9-11-2-1-3-12-9/h13-14,20H,1-11,19H2,(H,21,22)(H,27,28);1-3H,4-7H2/t13-,14?;/m1./s1. The number of rotatable bonds is 7. The number of aromatic nitrogens is 2. The number of halogens is 1. The molecule has 1 unspecified atom stereocenters. The van der Waals surface area contributed by atoms with Crippen molar-refractivity contribution in [2.45, 2.75) is 25.3 Å². The molecule has 16 nitrogen and oxygen atoms in total. The van der Waals surface area contributed by atoms with Gasteiger partial charge in [-0.2, -0.15) is 0 Å². The summed E-state index contributed by atoms with van der Waals surface area (Å²) >= 11 is 5.39. The minimum absolute atomic E-state index is 0.324. The lowest BCUT2D eigenvalue weighted by molar-refractivity contribution is -0.167. The van der Waals surface area contributed by atoms with E-state index in [9.17, 15) is 24.3 Å². The highest BCUT2D eigenvalue weighted by atomic mass is 35.5. The zero-order valence-electron chi connectivity index (χ0n) is 24.6. The Morgan fingerprint density at radius 3 is 2.25 bits per heavy atom. The van der Waals surface area contributed by atoms with Crippen molar-refractivity contribution in [2.24, 2.45) is 16.6 Å². The molecule has 17 heteroatoms. The first-order valence-electron chi connectivity index (χ1n) is 14.7. The number of β-lactam (4-membered cyclic amide) rings is 1. The summed E-state index contributed by atoms with van der Waals surface area (Å²) in [4.78, 5) is 68.8. The molecule has 2 atom stereocenters. The minimum atomic E-state index is -1.15. The molecule has 5 heterocycles. The number of hydrogen-bond donors (Lipinski definition) is 4. The van der Waals surface area contributed by atoms with Crippen LogP contribution >= 0.6 is 11.6 Å². The van der Waals surface area contributed by atoms with Gasteiger partial charge in [0.25, 0.3) is 0 Å². The molecule has 0 spiro atoms. The molecule has 3 fully saturated rings. The van der Waals surface area contributed by atoms with Gasteiger partial charge in [-0.25, -0.2) is 24.5 Å². The van der Waals surface area contributed by atoms with Crippen LogP contribution in [0, 0.1) is 5.92 Å². The number of guanidine groups is 1. The summed E-state index contributed by atoms with van der Waals surface area (Å²) in [6, 6.07) is 0.144. The number of piperazine rings is 2. The van der Waals surface area contributed by atoms with E-state index in [1.54, 1.807) is 28.3 Å². The first-order valence-corrected chi connectivity index (χ1v) is 15.1. The average molecular weight is 634 g/mol. The lowest BCUT2D eigenvalue weighted by Gasteiger charge is -2.46. The second-order valence-corrected chi connectivity index (χ2v) is 11.0. The fourth-order valence-corrected chi connectivity index (χ4v) is 5.60. The van der Waals surface area contributed by atoms with E-state index in [0.29, 0.717) is 70.4 Å². The summed E-state index contributed by atoms with van der Waals surface area (Å²) in [5, 5.41) is 15.3. The molecule has 0 aliphatic carbocycles. The number of aliphatic imine (C=N–C) groups is 1. The van der Waals surface area contributed by atoms with Crippen LogP contribution in [-0.2, 0) is 9.59 Å². The van der Waals surface area contributed by atoms with E-state index < -0.39 is 29.9 Å². The van der Waals surface area contributed by atoms with Gasteiger partial charge in [0, 0.05) is 84.4 Å². The predicted octanol–water partition coefficient (Wildman–Crippen LogP) is -0.258. The monoisotopic (exact) mass is 633 g/mol. The Kier molecular flexibility index (Phi) is 11.4. The Balaban J connectivity index is 0.000000246. The molecule has 0 radical (unpaired) electrons. The Morgan fingerprint density at radius 2 is 1.68 bits per heavy atom. The summed E-state index contributed by atoms with van der Waals surface area (Å²) in [7, 11) is 0. The van der Waals surface area contributed by atoms with Crippen molar-refractivity contribution in [3.63, 3.8) is 0 Å². The summed E-state index contributed by atoms with van der Waals surface area (Å²) in [6.45, 7) is 10.4. The maximum atomic E-state index is 12.8. The fourth-order valence-electron chi connectivity index (χ4n) is 5.43. The number of nitrogens with zero attached hydrogens (tertiary/aromatic N) is 8. The molecule has 4 aliphatic rings. The highest BCUT2D eigenvalue weighted by Gasteiger charge is 2.55. The zero-order chi connectivity index (χ0) is 31.6. The largest absolute Gasteiger partial charge is 0.480 e. The summed E-state index contributed by atoms with van der Waals surface area (Å²) < 4.78 is 0. The van der Waals surface area contributed by atoms with Crippen LogP contribution in [0.25, 0.3) is 0 Å². The molecule has 4 aliphatic heterocycles. The van der Waals surface area contributed by atoms with E-state index in [0.717, 1.165) is 43.5 Å². The first kappa shape index (κ1) is 32.6. The summed E-state index contributed by atoms with van der Waals surface area (Å²) in [5.74, 6) is -0.385. The number of aliphatic carboxylic acids is 1. The van der Waals surface area contributed by atoms with E-state index in [-0.39, 0.29) is 5.37 Å². The molecule has 0 bridgehead atoms. The molecule has 5 N–H and O–H groups in total. The van der Waals surface area contributed by atoms with E-state index in [4.69, 9.17) is 17.3 Å². The maximum Gasteiger partial charge on any atom is 0.327 e. The van der Waals surface area contributed by atoms with E-state index >= 15 is 0 Å². The molecule has 1 aromatic heterocycles. The number of amides is 4. The molecular formula is C27H40ClN11O5. The van der Waals surface area contributed by atoms with Gasteiger partial charge in [0.15, 0.2) is 12.0 Å². The molecule has 240 valence electrons. The molecule has 0 saturated carbocycles. The van der Waals surface area contributed by atoms with Gasteiger partial charge in [0.2, 0.25) is 11.9 Å². The number of carbonyl (C=O) groups is 4. The lowest BCUT2D eigenvalue weighted by atomic mass is 9.83. The number of hydrogen-bond acceptors (Lipinski definition) is 12. The minimum Gasteiger partial charge on any atom is -0.480 e. The Labute approximate surface area is 260 Å². The number of carboxylic acids is 1. The van der Waals surface area contributed by atoms with Crippen LogP contribution < -0.4 is 21.3 Å². The highest BCUT2D eigenvalue weighted by molar-refractivity contribution is 6.62. The smallest absolute Gasteiger partial charge is 0.327 e. The number of carboxylic acid groups (broad SMARTS) is 1. The normalized spacial score (nSPS) is 21.7. The quantitative estimate of drug-likeness (QED) is 0.133. The summed E-state index contributed by atoms with van der Waals surface area (Å²) in [6.07, 6.45) is 5.36. The van der Waals surface area contributed by atoms with Crippen molar-refractivity contribution in [1.29, 1.82) is 0 Å². The van der Waals surface area contributed by atoms with Crippen LogP contribution in [0.5, 0.6) is 0 Å². The van der Waals surface area contributed by atoms with Gasteiger partial charge >= 0.3 is 17.4 Å². The third-order valence-corrected chi connectivity index (χ3v) is 8.05. The van der Waals surface area contributed by atoms with Crippen molar-refractivity contribution in [3.8, 4) is 0 Å². The first-order chi connectivity index (χ1) is 21.2. The molecule has 4 amide bonds. The number of carbonyl (C=O) groups excluding carboxylic acids is 3. The van der Waals surface area contributed by atoms with Gasteiger partial charge in [-0.05, 0) is 36.9 Å². The van der Waals surface area contributed by atoms with Gasteiger partial charge < -0.3 is 41.1 Å². The highest BCUT2D eigenvalue weighted by Crippen LogP contribution is 2.32. The maximum absolute atomic E-state index is 12.8. The fraction of sp³-hybridized carbons (Fsp3) is 0.593. The zero-order valence-corrected chi connectivity index (χ0v) is 25.4. The molecular weight excluding hydrogens is 594 g/mol. The Hall–Kier alpha value is -4.34. The van der Waals surface area contributed by atoms with Crippen LogP contribution in [0.4, 0.5) is 15.5 Å². The third kappa shape index (κ3) is 8.18. The van der Waals surface area contributed by atoms with Gasteiger partial charge in [-0.15, -0.1) is 0 Å². The van der Waals surface area contributed by atoms with Crippen LogP contribution in [0.15, 0.2) is 35.9 Å². The van der Waals surface area contributed by atoms with Gasteiger partial charge in [-0.3, -0.25) is 14.6 Å². The van der Waals surface area contributed by atoms with Crippen LogP contribution in [0.2, 0.25) is 0 Å². The van der Waals surface area contributed by atoms with Crippen molar-refractivity contribution in [2.75, 3.05) is 76.9 Å². The summed E-state index contributed by atoms with van der Waals surface area (Å²) in [5.41, 5.74) is 5.42. The Morgan fingerprint density at radius 1 is 1.05 bits per heavy atom. The van der Waals surface area contributed by atoms with Gasteiger partial charge in [-0.1, -0.05) is 6.58 Å². The van der Waals surface area contributed by atoms with Crippen LogP contribution in [0.3, 0.4) is 0 Å². The van der Waals surface area contributed by atoms with E-state index in [1.807, 2.05) is 4.90 Å². The van der Waals surface area contributed by atoms with Crippen molar-refractivity contribution >= 4 is 46.8 Å². The van der Waals surface area contributed by atoms with Gasteiger partial charge in [0.05, 0.1) is 11.7 Å². The number of anilines is 1. The van der Waals surface area contributed by atoms with Gasteiger partial charge in [0.1, 0.15) is 0 Å². The van der Waals surface area contributed by atoms with Crippen molar-refractivity contribution < 1.29 is 24.3 Å². The predicted molar refractivity (Wildman–Crippen MR) is 163 cm³/mol.